The standard InChI is InChI=1S/C17H22N4/c1-2-14-12-15(21-18)20-16(19-14)17(10-6-7-11-17)13-8-4-3-5-9-13/h3-5,8-9,12H,2,6-7,10-11,18H2,1H3,(H,19,20,21). The average Bonchev–Trinajstić information content (AvgIpc) is 3.06. The first-order valence-corrected chi connectivity index (χ1v) is 7.69. The topological polar surface area (TPSA) is 63.8 Å². The van der Waals surface area contributed by atoms with E-state index in [-0.39, 0.29) is 5.41 Å². The first-order valence-electron chi connectivity index (χ1n) is 7.69. The predicted molar refractivity (Wildman–Crippen MR) is 84.9 cm³/mol. The minimum atomic E-state index is -0.0575. The second-order valence-corrected chi connectivity index (χ2v) is 5.72. The van der Waals surface area contributed by atoms with E-state index in [9.17, 15) is 0 Å². The maximum atomic E-state index is 5.58. The van der Waals surface area contributed by atoms with Crippen LogP contribution in [0.4, 0.5) is 5.82 Å². The maximum Gasteiger partial charge on any atom is 0.143 e. The predicted octanol–water partition coefficient (Wildman–Crippen LogP) is 3.18. The molecule has 0 unspecified atom stereocenters. The summed E-state index contributed by atoms with van der Waals surface area (Å²) in [6, 6.07) is 12.6. The molecule has 1 aliphatic rings. The molecule has 1 heterocycles. The monoisotopic (exact) mass is 282 g/mol. The maximum absolute atomic E-state index is 5.58. The van der Waals surface area contributed by atoms with E-state index in [0.29, 0.717) is 5.82 Å². The number of rotatable bonds is 4. The van der Waals surface area contributed by atoms with Gasteiger partial charge in [0.15, 0.2) is 0 Å². The Bertz CT molecular complexity index is 581. The zero-order chi connectivity index (χ0) is 14.7. The molecule has 1 saturated carbocycles. The number of nitrogen functional groups attached to an aromatic ring is 1. The van der Waals surface area contributed by atoms with Crippen LogP contribution in [-0.2, 0) is 11.8 Å². The molecule has 0 atom stereocenters. The van der Waals surface area contributed by atoms with E-state index in [4.69, 9.17) is 10.8 Å². The second kappa shape index (κ2) is 5.82. The molecule has 0 aliphatic heterocycles. The summed E-state index contributed by atoms with van der Waals surface area (Å²) in [4.78, 5) is 9.51. The molecule has 1 aliphatic carbocycles. The van der Waals surface area contributed by atoms with Crippen LogP contribution in [0.2, 0.25) is 0 Å². The lowest BCUT2D eigenvalue weighted by Crippen LogP contribution is -2.28. The van der Waals surface area contributed by atoms with E-state index in [1.807, 2.05) is 6.07 Å². The highest BCUT2D eigenvalue weighted by atomic mass is 15.3. The summed E-state index contributed by atoms with van der Waals surface area (Å²) in [5.41, 5.74) is 4.98. The van der Waals surface area contributed by atoms with Gasteiger partial charge in [0.25, 0.3) is 0 Å². The van der Waals surface area contributed by atoms with Crippen molar-refractivity contribution in [2.45, 2.75) is 44.4 Å². The normalized spacial score (nSPS) is 16.9. The van der Waals surface area contributed by atoms with E-state index >= 15 is 0 Å². The molecule has 4 nitrogen and oxygen atoms in total. The van der Waals surface area contributed by atoms with Gasteiger partial charge in [0.2, 0.25) is 0 Å². The molecular formula is C17H22N4. The van der Waals surface area contributed by atoms with Crippen LogP contribution >= 0.6 is 0 Å². The summed E-state index contributed by atoms with van der Waals surface area (Å²) in [5.74, 6) is 7.21. The van der Waals surface area contributed by atoms with Gasteiger partial charge in [0.05, 0.1) is 5.41 Å². The Morgan fingerprint density at radius 1 is 1.14 bits per heavy atom. The molecule has 3 rings (SSSR count). The first-order chi connectivity index (χ1) is 10.3. The zero-order valence-corrected chi connectivity index (χ0v) is 12.5. The van der Waals surface area contributed by atoms with Gasteiger partial charge in [0, 0.05) is 11.8 Å². The average molecular weight is 282 g/mol. The Morgan fingerprint density at radius 3 is 2.48 bits per heavy atom. The summed E-state index contributed by atoms with van der Waals surface area (Å²) < 4.78 is 0. The number of benzene rings is 1. The van der Waals surface area contributed by atoms with Gasteiger partial charge in [-0.15, -0.1) is 0 Å². The van der Waals surface area contributed by atoms with Crippen molar-refractivity contribution in [3.63, 3.8) is 0 Å². The Morgan fingerprint density at radius 2 is 1.86 bits per heavy atom. The van der Waals surface area contributed by atoms with Crippen molar-refractivity contribution in [3.8, 4) is 0 Å². The summed E-state index contributed by atoms with van der Waals surface area (Å²) in [6.07, 6.45) is 5.54. The fourth-order valence-corrected chi connectivity index (χ4v) is 3.34. The Labute approximate surface area is 125 Å². The Kier molecular flexibility index (Phi) is 3.88. The molecule has 3 N–H and O–H groups in total. The van der Waals surface area contributed by atoms with Crippen molar-refractivity contribution >= 4 is 5.82 Å². The van der Waals surface area contributed by atoms with Crippen molar-refractivity contribution in [1.82, 2.24) is 9.97 Å². The third kappa shape index (κ3) is 2.51. The van der Waals surface area contributed by atoms with Crippen LogP contribution in [-0.4, -0.2) is 9.97 Å². The highest BCUT2D eigenvalue weighted by Gasteiger charge is 2.40. The molecular weight excluding hydrogens is 260 g/mol. The minimum absolute atomic E-state index is 0.0575. The number of nitrogens with zero attached hydrogens (tertiary/aromatic N) is 2. The smallest absolute Gasteiger partial charge is 0.143 e. The van der Waals surface area contributed by atoms with Crippen molar-refractivity contribution < 1.29 is 0 Å². The molecule has 0 saturated heterocycles. The third-order valence-electron chi connectivity index (χ3n) is 4.50. The van der Waals surface area contributed by atoms with Gasteiger partial charge in [0.1, 0.15) is 11.6 Å². The SMILES string of the molecule is CCc1cc(NN)nc(C2(c3ccccc3)CCCC2)n1. The van der Waals surface area contributed by atoms with Crippen LogP contribution in [0.1, 0.15) is 49.7 Å². The number of nitrogens with one attached hydrogen (secondary N) is 1. The molecule has 110 valence electrons. The molecule has 0 amide bonds. The number of hydrogen-bond donors (Lipinski definition) is 2. The Balaban J connectivity index is 2.14. The molecule has 21 heavy (non-hydrogen) atoms. The number of hydrazine groups is 1. The van der Waals surface area contributed by atoms with Crippen LogP contribution in [0.25, 0.3) is 0 Å². The van der Waals surface area contributed by atoms with Gasteiger partial charge < -0.3 is 5.43 Å². The zero-order valence-electron chi connectivity index (χ0n) is 12.5. The van der Waals surface area contributed by atoms with Gasteiger partial charge in [-0.3, -0.25) is 0 Å². The molecule has 0 radical (unpaired) electrons. The molecule has 2 aromatic rings. The van der Waals surface area contributed by atoms with Crippen LogP contribution < -0.4 is 11.3 Å². The van der Waals surface area contributed by atoms with Gasteiger partial charge >= 0.3 is 0 Å². The van der Waals surface area contributed by atoms with Gasteiger partial charge in [-0.05, 0) is 24.8 Å². The molecule has 0 spiro atoms. The quantitative estimate of drug-likeness (QED) is 0.668. The highest BCUT2D eigenvalue weighted by molar-refractivity contribution is 5.40. The number of anilines is 1. The fourth-order valence-electron chi connectivity index (χ4n) is 3.34. The minimum Gasteiger partial charge on any atom is -0.308 e. The summed E-state index contributed by atoms with van der Waals surface area (Å²) in [7, 11) is 0. The lowest BCUT2D eigenvalue weighted by Gasteiger charge is -2.28. The third-order valence-corrected chi connectivity index (χ3v) is 4.50. The molecule has 1 fully saturated rings. The van der Waals surface area contributed by atoms with Crippen LogP contribution in [0.15, 0.2) is 36.4 Å². The first kappa shape index (κ1) is 14.0. The summed E-state index contributed by atoms with van der Waals surface area (Å²) in [5, 5.41) is 0. The Hall–Kier alpha value is -1.94. The largest absolute Gasteiger partial charge is 0.308 e. The second-order valence-electron chi connectivity index (χ2n) is 5.72. The van der Waals surface area contributed by atoms with Crippen LogP contribution in [0.5, 0.6) is 0 Å². The van der Waals surface area contributed by atoms with E-state index in [1.54, 1.807) is 0 Å². The van der Waals surface area contributed by atoms with Gasteiger partial charge in [-0.2, -0.15) is 0 Å². The molecule has 1 aromatic heterocycles. The number of aryl methyl sites for hydroxylation is 1. The van der Waals surface area contributed by atoms with E-state index in [2.05, 4.69) is 47.7 Å². The lowest BCUT2D eigenvalue weighted by atomic mass is 9.78. The number of nitrogens with two attached hydrogens (primary N) is 1. The fraction of sp³-hybridized carbons (Fsp3) is 0.412. The molecule has 1 aromatic carbocycles. The van der Waals surface area contributed by atoms with Crippen molar-refractivity contribution in [2.75, 3.05) is 5.43 Å². The highest BCUT2D eigenvalue weighted by Crippen LogP contribution is 2.45. The molecule has 4 heteroatoms. The van der Waals surface area contributed by atoms with E-state index in [1.165, 1.54) is 18.4 Å². The lowest BCUT2D eigenvalue weighted by molar-refractivity contribution is 0.497. The molecule has 0 bridgehead atoms. The van der Waals surface area contributed by atoms with Gasteiger partial charge in [-0.1, -0.05) is 50.1 Å². The van der Waals surface area contributed by atoms with Crippen molar-refractivity contribution in [2.24, 2.45) is 5.84 Å². The summed E-state index contributed by atoms with van der Waals surface area (Å²) in [6.45, 7) is 2.11. The summed E-state index contributed by atoms with van der Waals surface area (Å²) >= 11 is 0. The number of hydrogen-bond acceptors (Lipinski definition) is 4. The van der Waals surface area contributed by atoms with E-state index < -0.39 is 0 Å². The number of aromatic nitrogens is 2. The van der Waals surface area contributed by atoms with Crippen molar-refractivity contribution in [1.29, 1.82) is 0 Å². The van der Waals surface area contributed by atoms with Gasteiger partial charge in [-0.25, -0.2) is 15.8 Å². The van der Waals surface area contributed by atoms with Crippen LogP contribution in [0, 0.1) is 0 Å². The van der Waals surface area contributed by atoms with Crippen molar-refractivity contribution in [3.05, 3.63) is 53.5 Å². The van der Waals surface area contributed by atoms with E-state index in [0.717, 1.165) is 30.8 Å². The van der Waals surface area contributed by atoms with Crippen LogP contribution in [0.3, 0.4) is 0 Å².